The molecule has 2 unspecified atom stereocenters. The molecule has 20 heavy (non-hydrogen) atoms. The number of rotatable bonds is 6. The standard InChI is InChI=1S/C14H28N2O3S/c1-4-7-14(2)8-5-9-16(11-14)13(17)12(15)6-10-20(3,18)19/h12H,4-11,15H2,1-3H3. The molecule has 0 aliphatic carbocycles. The average molecular weight is 304 g/mol. The molecule has 0 bridgehead atoms. The first-order valence-corrected chi connectivity index (χ1v) is 9.45. The lowest BCUT2D eigenvalue weighted by molar-refractivity contribution is -0.136. The van der Waals surface area contributed by atoms with Gasteiger partial charge in [-0.05, 0) is 31.1 Å². The van der Waals surface area contributed by atoms with Gasteiger partial charge in [0.2, 0.25) is 5.91 Å². The van der Waals surface area contributed by atoms with Crippen molar-refractivity contribution < 1.29 is 13.2 Å². The summed E-state index contributed by atoms with van der Waals surface area (Å²) in [4.78, 5) is 14.1. The van der Waals surface area contributed by atoms with Crippen LogP contribution in [0.2, 0.25) is 0 Å². The predicted molar refractivity (Wildman–Crippen MR) is 81.1 cm³/mol. The third-order valence-electron chi connectivity index (χ3n) is 4.06. The van der Waals surface area contributed by atoms with E-state index >= 15 is 0 Å². The number of likely N-dealkylation sites (tertiary alicyclic amines) is 1. The molecule has 2 atom stereocenters. The second kappa shape index (κ2) is 6.89. The number of nitrogens with two attached hydrogens (primary N) is 1. The van der Waals surface area contributed by atoms with Crippen LogP contribution in [0.1, 0.15) is 46.0 Å². The zero-order valence-corrected chi connectivity index (χ0v) is 13.7. The summed E-state index contributed by atoms with van der Waals surface area (Å²) in [5.74, 6) is -0.129. The van der Waals surface area contributed by atoms with E-state index in [4.69, 9.17) is 5.73 Å². The van der Waals surface area contributed by atoms with Gasteiger partial charge in [0.1, 0.15) is 9.84 Å². The lowest BCUT2D eigenvalue weighted by atomic mass is 9.78. The molecule has 1 amide bonds. The number of hydrogen-bond acceptors (Lipinski definition) is 4. The molecular formula is C14H28N2O3S. The number of nitrogens with zero attached hydrogens (tertiary/aromatic N) is 1. The van der Waals surface area contributed by atoms with Gasteiger partial charge in [-0.3, -0.25) is 4.79 Å². The second-order valence-corrected chi connectivity index (χ2v) is 8.71. The van der Waals surface area contributed by atoms with Crippen LogP contribution in [0.3, 0.4) is 0 Å². The first-order valence-electron chi connectivity index (χ1n) is 7.39. The summed E-state index contributed by atoms with van der Waals surface area (Å²) in [5, 5.41) is 0. The van der Waals surface area contributed by atoms with Crippen molar-refractivity contribution in [3.05, 3.63) is 0 Å². The summed E-state index contributed by atoms with van der Waals surface area (Å²) in [5.41, 5.74) is 6.04. The fourth-order valence-electron chi connectivity index (χ4n) is 3.01. The van der Waals surface area contributed by atoms with Crippen molar-refractivity contribution in [2.45, 2.75) is 52.0 Å². The Balaban J connectivity index is 2.58. The van der Waals surface area contributed by atoms with Gasteiger partial charge in [0.25, 0.3) is 0 Å². The van der Waals surface area contributed by atoms with Crippen molar-refractivity contribution in [1.29, 1.82) is 0 Å². The summed E-state index contributed by atoms with van der Waals surface area (Å²) in [6.45, 7) is 5.86. The molecule has 0 saturated carbocycles. The Kier molecular flexibility index (Phi) is 6.01. The Morgan fingerprint density at radius 3 is 2.65 bits per heavy atom. The minimum absolute atomic E-state index is 0.0278. The Hall–Kier alpha value is -0.620. The third kappa shape index (κ3) is 5.40. The molecule has 6 heteroatoms. The maximum Gasteiger partial charge on any atom is 0.239 e. The molecule has 0 spiro atoms. The molecule has 2 N–H and O–H groups in total. The van der Waals surface area contributed by atoms with Crippen molar-refractivity contribution in [3.63, 3.8) is 0 Å². The second-order valence-electron chi connectivity index (χ2n) is 6.45. The molecule has 1 fully saturated rings. The third-order valence-corrected chi connectivity index (χ3v) is 5.04. The summed E-state index contributed by atoms with van der Waals surface area (Å²) in [6, 6.07) is -0.700. The normalized spacial score (nSPS) is 25.5. The van der Waals surface area contributed by atoms with E-state index in [0.717, 1.165) is 38.8 Å². The van der Waals surface area contributed by atoms with Crippen molar-refractivity contribution in [3.8, 4) is 0 Å². The van der Waals surface area contributed by atoms with Crippen molar-refractivity contribution >= 4 is 15.7 Å². The highest BCUT2D eigenvalue weighted by molar-refractivity contribution is 7.90. The summed E-state index contributed by atoms with van der Waals surface area (Å²) < 4.78 is 22.3. The van der Waals surface area contributed by atoms with Gasteiger partial charge in [0.05, 0.1) is 11.8 Å². The van der Waals surface area contributed by atoms with Gasteiger partial charge in [0, 0.05) is 19.3 Å². The quantitative estimate of drug-likeness (QED) is 0.799. The zero-order chi connectivity index (χ0) is 15.4. The van der Waals surface area contributed by atoms with E-state index < -0.39 is 15.9 Å². The van der Waals surface area contributed by atoms with Crippen molar-refractivity contribution in [2.24, 2.45) is 11.1 Å². The molecule has 0 radical (unpaired) electrons. The molecule has 0 aromatic heterocycles. The fourth-order valence-corrected chi connectivity index (χ4v) is 3.69. The Morgan fingerprint density at radius 1 is 1.45 bits per heavy atom. The van der Waals surface area contributed by atoms with Crippen LogP contribution in [0, 0.1) is 5.41 Å². The van der Waals surface area contributed by atoms with Gasteiger partial charge < -0.3 is 10.6 Å². The van der Waals surface area contributed by atoms with Crippen LogP contribution >= 0.6 is 0 Å². The highest BCUT2D eigenvalue weighted by atomic mass is 32.2. The van der Waals surface area contributed by atoms with Crippen LogP contribution < -0.4 is 5.73 Å². The van der Waals surface area contributed by atoms with Crippen LogP contribution in [0.5, 0.6) is 0 Å². The molecule has 5 nitrogen and oxygen atoms in total. The van der Waals surface area contributed by atoms with E-state index in [0.29, 0.717) is 0 Å². The van der Waals surface area contributed by atoms with E-state index in [2.05, 4.69) is 13.8 Å². The van der Waals surface area contributed by atoms with Gasteiger partial charge >= 0.3 is 0 Å². The van der Waals surface area contributed by atoms with Crippen LogP contribution in [-0.2, 0) is 14.6 Å². The summed E-state index contributed by atoms with van der Waals surface area (Å²) >= 11 is 0. The summed E-state index contributed by atoms with van der Waals surface area (Å²) in [6.07, 6.45) is 5.74. The maximum absolute atomic E-state index is 12.3. The van der Waals surface area contributed by atoms with Crippen LogP contribution in [0.4, 0.5) is 0 Å². The lowest BCUT2D eigenvalue weighted by Gasteiger charge is -2.41. The number of hydrogen-bond donors (Lipinski definition) is 1. The van der Waals surface area contributed by atoms with E-state index in [-0.39, 0.29) is 23.5 Å². The van der Waals surface area contributed by atoms with Gasteiger partial charge in [-0.2, -0.15) is 0 Å². The van der Waals surface area contributed by atoms with Gasteiger partial charge in [-0.25, -0.2) is 8.42 Å². The number of carbonyl (C=O) groups is 1. The molecule has 118 valence electrons. The monoisotopic (exact) mass is 304 g/mol. The molecule has 1 heterocycles. The number of piperidine rings is 1. The Morgan fingerprint density at radius 2 is 2.10 bits per heavy atom. The fraction of sp³-hybridized carbons (Fsp3) is 0.929. The number of amides is 1. The van der Waals surface area contributed by atoms with Crippen LogP contribution in [0.15, 0.2) is 0 Å². The van der Waals surface area contributed by atoms with Gasteiger partial charge in [0.15, 0.2) is 0 Å². The average Bonchev–Trinajstić information content (AvgIpc) is 2.34. The topological polar surface area (TPSA) is 80.5 Å². The highest BCUT2D eigenvalue weighted by Crippen LogP contribution is 2.34. The largest absolute Gasteiger partial charge is 0.341 e. The maximum atomic E-state index is 12.3. The minimum atomic E-state index is -3.07. The zero-order valence-electron chi connectivity index (χ0n) is 12.9. The van der Waals surface area contributed by atoms with Gasteiger partial charge in [-0.1, -0.05) is 20.3 Å². The molecular weight excluding hydrogens is 276 g/mol. The Bertz CT molecular complexity index is 432. The van der Waals surface area contributed by atoms with Crippen molar-refractivity contribution in [1.82, 2.24) is 4.90 Å². The minimum Gasteiger partial charge on any atom is -0.341 e. The van der Waals surface area contributed by atoms with E-state index in [1.54, 1.807) is 0 Å². The summed E-state index contributed by atoms with van der Waals surface area (Å²) in [7, 11) is -3.07. The van der Waals surface area contributed by atoms with E-state index in [1.807, 2.05) is 4.90 Å². The highest BCUT2D eigenvalue weighted by Gasteiger charge is 2.33. The molecule has 1 aliphatic rings. The first-order chi connectivity index (χ1) is 9.17. The van der Waals surface area contributed by atoms with Crippen LogP contribution in [0.25, 0.3) is 0 Å². The van der Waals surface area contributed by atoms with E-state index in [1.165, 1.54) is 6.26 Å². The smallest absolute Gasteiger partial charge is 0.239 e. The van der Waals surface area contributed by atoms with Gasteiger partial charge in [-0.15, -0.1) is 0 Å². The Labute approximate surface area is 122 Å². The number of carbonyl (C=O) groups excluding carboxylic acids is 1. The molecule has 0 aromatic rings. The molecule has 1 rings (SSSR count). The first kappa shape index (κ1) is 17.4. The molecule has 0 aromatic carbocycles. The lowest BCUT2D eigenvalue weighted by Crippen LogP contribution is -2.51. The SMILES string of the molecule is CCCC1(C)CCCN(C(=O)C(N)CCS(C)(=O)=O)C1. The molecule has 1 aliphatic heterocycles. The van der Waals surface area contributed by atoms with Crippen LogP contribution in [-0.4, -0.2) is 50.4 Å². The van der Waals surface area contributed by atoms with Crippen molar-refractivity contribution in [2.75, 3.05) is 25.1 Å². The van der Waals surface area contributed by atoms with E-state index in [9.17, 15) is 13.2 Å². The predicted octanol–water partition coefficient (Wildman–Crippen LogP) is 1.18. The number of sulfone groups is 1. The molecule has 1 saturated heterocycles.